The number of halogens is 2. The Labute approximate surface area is 140 Å². The molecule has 4 nitrogen and oxygen atoms in total. The fourth-order valence-electron chi connectivity index (χ4n) is 2.06. The summed E-state index contributed by atoms with van der Waals surface area (Å²) in [6.07, 6.45) is 8.45. The maximum Gasteiger partial charge on any atom is 0.280 e. The van der Waals surface area contributed by atoms with E-state index in [0.717, 1.165) is 19.3 Å². The van der Waals surface area contributed by atoms with Crippen LogP contribution in [-0.2, 0) is 4.79 Å². The van der Waals surface area contributed by atoms with Crippen molar-refractivity contribution in [1.29, 1.82) is 0 Å². The fraction of sp³-hybridized carbons (Fsp3) is 0.375. The third kappa shape index (κ3) is 5.04. The number of carbonyl (C=O) groups is 1. The zero-order chi connectivity index (χ0) is 15.9. The van der Waals surface area contributed by atoms with Crippen molar-refractivity contribution in [3.8, 4) is 5.75 Å². The Bertz CT molecular complexity index is 588. The molecule has 0 fully saturated rings. The van der Waals surface area contributed by atoms with Crippen molar-refractivity contribution in [3.05, 3.63) is 40.4 Å². The lowest BCUT2D eigenvalue weighted by Crippen LogP contribution is -2.33. The zero-order valence-electron chi connectivity index (χ0n) is 12.3. The minimum Gasteiger partial charge on any atom is -0.479 e. The maximum absolute atomic E-state index is 11.9. The molecule has 0 radical (unpaired) electrons. The number of ether oxygens (including phenoxy) is 1. The molecule has 22 heavy (non-hydrogen) atoms. The fourth-order valence-corrected chi connectivity index (χ4v) is 2.52. The van der Waals surface area contributed by atoms with Crippen molar-refractivity contribution in [2.45, 2.75) is 32.3 Å². The van der Waals surface area contributed by atoms with Crippen LogP contribution in [0.1, 0.15) is 26.2 Å². The molecule has 1 aliphatic carbocycles. The summed E-state index contributed by atoms with van der Waals surface area (Å²) < 4.78 is 5.52. The number of allylic oxidation sites excluding steroid dienone is 2. The minimum absolute atomic E-state index is 0.325. The molecule has 0 saturated heterocycles. The number of hydrazone groups is 1. The molecule has 2 rings (SSSR count). The van der Waals surface area contributed by atoms with Gasteiger partial charge in [0.15, 0.2) is 6.10 Å². The number of nitrogens with zero attached hydrogens (tertiary/aromatic N) is 1. The first kappa shape index (κ1) is 16.8. The molecule has 1 aromatic rings. The number of hydrogen-bond donors (Lipinski definition) is 1. The Morgan fingerprint density at radius 3 is 2.95 bits per heavy atom. The Balaban J connectivity index is 1.83. The smallest absolute Gasteiger partial charge is 0.280 e. The van der Waals surface area contributed by atoms with Crippen LogP contribution >= 0.6 is 23.2 Å². The molecule has 6 heteroatoms. The van der Waals surface area contributed by atoms with Crippen molar-refractivity contribution in [3.63, 3.8) is 0 Å². The molecule has 2 unspecified atom stereocenters. The zero-order valence-corrected chi connectivity index (χ0v) is 13.8. The monoisotopic (exact) mass is 340 g/mol. The third-order valence-electron chi connectivity index (χ3n) is 3.34. The second-order valence-corrected chi connectivity index (χ2v) is 5.98. The highest BCUT2D eigenvalue weighted by atomic mass is 35.5. The molecule has 1 aromatic carbocycles. The summed E-state index contributed by atoms with van der Waals surface area (Å²) in [6, 6.07) is 4.85. The van der Waals surface area contributed by atoms with Gasteiger partial charge in [-0.05, 0) is 50.3 Å². The average Bonchev–Trinajstić information content (AvgIpc) is 2.51. The molecular weight excluding hydrogens is 323 g/mol. The van der Waals surface area contributed by atoms with Crippen molar-refractivity contribution in [2.75, 3.05) is 0 Å². The van der Waals surface area contributed by atoms with E-state index in [1.54, 1.807) is 31.3 Å². The van der Waals surface area contributed by atoms with E-state index in [0.29, 0.717) is 21.7 Å². The average molecular weight is 341 g/mol. The first-order valence-electron chi connectivity index (χ1n) is 7.16. The number of nitrogens with one attached hydrogen (secondary N) is 1. The van der Waals surface area contributed by atoms with Crippen molar-refractivity contribution < 1.29 is 9.53 Å². The Hall–Kier alpha value is -1.52. The molecule has 1 N–H and O–H groups in total. The van der Waals surface area contributed by atoms with Crippen LogP contribution in [-0.4, -0.2) is 18.2 Å². The highest BCUT2D eigenvalue weighted by Gasteiger charge is 2.16. The highest BCUT2D eigenvalue weighted by Crippen LogP contribution is 2.28. The number of benzene rings is 1. The molecule has 2 atom stereocenters. The SMILES string of the molecule is CC(Oc1ccc(Cl)cc1Cl)C(=O)NN=CC1CC=CCC1. The minimum atomic E-state index is -0.706. The summed E-state index contributed by atoms with van der Waals surface area (Å²) in [5.74, 6) is 0.468. The van der Waals surface area contributed by atoms with Gasteiger partial charge < -0.3 is 4.74 Å². The van der Waals surface area contributed by atoms with E-state index in [1.807, 2.05) is 0 Å². The molecule has 0 bridgehead atoms. The van der Waals surface area contributed by atoms with E-state index in [-0.39, 0.29) is 5.91 Å². The highest BCUT2D eigenvalue weighted by molar-refractivity contribution is 6.35. The standard InChI is InChI=1S/C16H18Cl2N2O2/c1-11(22-15-8-7-13(17)9-14(15)18)16(21)20-19-10-12-5-3-2-4-6-12/h2-3,7-12H,4-6H2,1H3,(H,20,21). The molecule has 1 aliphatic rings. The van der Waals surface area contributed by atoms with Crippen LogP contribution in [0.2, 0.25) is 10.0 Å². The molecule has 1 amide bonds. The van der Waals surface area contributed by atoms with Gasteiger partial charge in [-0.2, -0.15) is 5.10 Å². The number of hydrogen-bond acceptors (Lipinski definition) is 3. The van der Waals surface area contributed by atoms with Gasteiger partial charge in [-0.15, -0.1) is 0 Å². The van der Waals surface area contributed by atoms with E-state index < -0.39 is 6.10 Å². The molecule has 0 aliphatic heterocycles. The van der Waals surface area contributed by atoms with Gasteiger partial charge in [0.25, 0.3) is 5.91 Å². The predicted molar refractivity (Wildman–Crippen MR) is 89.7 cm³/mol. The molecule has 0 saturated carbocycles. The number of carbonyl (C=O) groups excluding carboxylic acids is 1. The molecule has 0 heterocycles. The summed E-state index contributed by atoms with van der Waals surface area (Å²) in [5, 5.41) is 4.88. The molecule has 118 valence electrons. The normalized spacial score (nSPS) is 19.1. The largest absolute Gasteiger partial charge is 0.479 e. The lowest BCUT2D eigenvalue weighted by molar-refractivity contribution is -0.127. The van der Waals surface area contributed by atoms with Crippen LogP contribution < -0.4 is 10.2 Å². The Morgan fingerprint density at radius 1 is 1.45 bits per heavy atom. The van der Waals surface area contributed by atoms with Crippen LogP contribution in [0.15, 0.2) is 35.5 Å². The van der Waals surface area contributed by atoms with Crippen molar-refractivity contribution in [1.82, 2.24) is 5.43 Å². The van der Waals surface area contributed by atoms with Gasteiger partial charge in [0.05, 0.1) is 5.02 Å². The van der Waals surface area contributed by atoms with E-state index in [1.165, 1.54) is 0 Å². The summed E-state index contributed by atoms with van der Waals surface area (Å²) in [6.45, 7) is 1.64. The number of amides is 1. The van der Waals surface area contributed by atoms with Gasteiger partial charge in [-0.25, -0.2) is 5.43 Å². The van der Waals surface area contributed by atoms with Crippen LogP contribution in [0.25, 0.3) is 0 Å². The van der Waals surface area contributed by atoms with Gasteiger partial charge in [-0.1, -0.05) is 35.4 Å². The van der Waals surface area contributed by atoms with Crippen LogP contribution in [0.3, 0.4) is 0 Å². The van der Waals surface area contributed by atoms with E-state index >= 15 is 0 Å². The van der Waals surface area contributed by atoms with Gasteiger partial charge in [0.1, 0.15) is 5.75 Å². The van der Waals surface area contributed by atoms with Crippen LogP contribution in [0.4, 0.5) is 0 Å². The Morgan fingerprint density at radius 2 is 2.27 bits per heavy atom. The van der Waals surface area contributed by atoms with Gasteiger partial charge in [-0.3, -0.25) is 4.79 Å². The molecule has 0 aromatic heterocycles. The van der Waals surface area contributed by atoms with Gasteiger partial charge in [0.2, 0.25) is 0 Å². The van der Waals surface area contributed by atoms with Crippen LogP contribution in [0, 0.1) is 5.92 Å². The van der Waals surface area contributed by atoms with Crippen molar-refractivity contribution >= 4 is 35.3 Å². The quantitative estimate of drug-likeness (QED) is 0.495. The molecular formula is C16H18Cl2N2O2. The topological polar surface area (TPSA) is 50.7 Å². The van der Waals surface area contributed by atoms with Gasteiger partial charge >= 0.3 is 0 Å². The van der Waals surface area contributed by atoms with E-state index in [9.17, 15) is 4.79 Å². The second kappa shape index (κ2) is 8.20. The first-order chi connectivity index (χ1) is 10.6. The Kier molecular flexibility index (Phi) is 6.28. The maximum atomic E-state index is 11.9. The lowest BCUT2D eigenvalue weighted by Gasteiger charge is -2.15. The summed E-state index contributed by atoms with van der Waals surface area (Å²) >= 11 is 11.8. The molecule has 0 spiro atoms. The third-order valence-corrected chi connectivity index (χ3v) is 3.87. The van der Waals surface area contributed by atoms with Crippen molar-refractivity contribution in [2.24, 2.45) is 11.0 Å². The predicted octanol–water partition coefficient (Wildman–Crippen LogP) is 4.22. The summed E-state index contributed by atoms with van der Waals surface area (Å²) in [7, 11) is 0. The number of rotatable bonds is 5. The first-order valence-corrected chi connectivity index (χ1v) is 7.91. The summed E-state index contributed by atoms with van der Waals surface area (Å²) in [5.41, 5.74) is 2.49. The lowest BCUT2D eigenvalue weighted by atomic mass is 9.96. The second-order valence-electron chi connectivity index (χ2n) is 5.13. The van der Waals surface area contributed by atoms with Gasteiger partial charge in [0, 0.05) is 11.2 Å². The van der Waals surface area contributed by atoms with E-state index in [2.05, 4.69) is 22.7 Å². The summed E-state index contributed by atoms with van der Waals surface area (Å²) in [4.78, 5) is 11.9. The van der Waals surface area contributed by atoms with E-state index in [4.69, 9.17) is 27.9 Å². The van der Waals surface area contributed by atoms with Crippen LogP contribution in [0.5, 0.6) is 5.75 Å².